The van der Waals surface area contributed by atoms with Crippen LogP contribution in [0.2, 0.25) is 0 Å². The third-order valence-electron chi connectivity index (χ3n) is 14.3. The zero-order valence-corrected chi connectivity index (χ0v) is 35.5. The predicted molar refractivity (Wildman–Crippen MR) is 264 cm³/mol. The van der Waals surface area contributed by atoms with Crippen LogP contribution < -0.4 is 4.90 Å². The van der Waals surface area contributed by atoms with Gasteiger partial charge in [0.25, 0.3) is 0 Å². The van der Waals surface area contributed by atoms with E-state index >= 15 is 0 Å². The van der Waals surface area contributed by atoms with E-state index in [0.29, 0.717) is 0 Å². The topological polar surface area (TPSA) is 3.24 Å². The van der Waals surface area contributed by atoms with E-state index in [4.69, 9.17) is 0 Å². The highest BCUT2D eigenvalue weighted by molar-refractivity contribution is 6.01. The minimum absolute atomic E-state index is 0.253. The molecule has 2 aliphatic carbocycles. The molecule has 0 N–H and O–H groups in total. The van der Waals surface area contributed by atoms with Gasteiger partial charge in [-0.25, -0.2) is 0 Å². The van der Waals surface area contributed by atoms with Crippen molar-refractivity contribution in [3.8, 4) is 44.5 Å². The number of fused-ring (bicyclic) bond motifs is 7. The van der Waals surface area contributed by atoms with Crippen molar-refractivity contribution in [2.75, 3.05) is 4.90 Å². The van der Waals surface area contributed by atoms with Gasteiger partial charge in [-0.3, -0.25) is 0 Å². The van der Waals surface area contributed by atoms with E-state index in [9.17, 15) is 0 Å². The molecule has 10 aromatic carbocycles. The molecule has 1 nitrogen and oxygen atoms in total. The first-order chi connectivity index (χ1) is 31.0. The predicted octanol–water partition coefficient (Wildman–Crippen LogP) is 16.3. The Bertz CT molecular complexity index is 3360. The summed E-state index contributed by atoms with van der Waals surface area (Å²) in [5.74, 6) is 0. The molecule has 298 valence electrons. The second-order valence-electron chi connectivity index (χ2n) is 17.5. The number of para-hydroxylation sites is 1. The molecular formula is C62H45N. The maximum absolute atomic E-state index is 2.46. The van der Waals surface area contributed by atoms with Gasteiger partial charge in [0, 0.05) is 27.5 Å². The number of hydrogen-bond donors (Lipinski definition) is 0. The highest BCUT2D eigenvalue weighted by Gasteiger charge is 2.42. The Hall–Kier alpha value is -7.74. The first kappa shape index (κ1) is 37.1. The molecule has 0 heterocycles. The van der Waals surface area contributed by atoms with Gasteiger partial charge in [0.1, 0.15) is 0 Å². The quantitative estimate of drug-likeness (QED) is 0.155. The molecule has 0 spiro atoms. The molecule has 10 aromatic rings. The lowest BCUT2D eigenvalue weighted by Crippen LogP contribution is -2.22. The minimum atomic E-state index is -0.290. The molecule has 0 amide bonds. The summed E-state index contributed by atoms with van der Waals surface area (Å²) in [5.41, 5.74) is 20.9. The summed E-state index contributed by atoms with van der Waals surface area (Å²) in [5, 5.41) is 2.42. The van der Waals surface area contributed by atoms with E-state index in [1.165, 1.54) is 88.7 Å². The SMILES string of the molecule is CC1(c2ccccc2)c2ccccc2-c2ccc(-c3ccc(N(c4ccccc4-c4ccc5c(c4)C(C)(c4ccccc4)c4ccccc4-5)c4cccc5ccccc45)cc3)cc21. The molecule has 2 aliphatic rings. The van der Waals surface area contributed by atoms with Crippen LogP contribution in [0.1, 0.15) is 47.2 Å². The van der Waals surface area contributed by atoms with Gasteiger partial charge in [0.15, 0.2) is 0 Å². The van der Waals surface area contributed by atoms with Crippen LogP contribution in [0.15, 0.2) is 237 Å². The Kier molecular flexibility index (Phi) is 8.49. The Labute approximate surface area is 370 Å². The Morgan fingerprint density at radius 1 is 0.302 bits per heavy atom. The van der Waals surface area contributed by atoms with Crippen LogP contribution in [0, 0.1) is 0 Å². The molecule has 0 radical (unpaired) electrons. The molecule has 0 aromatic heterocycles. The summed E-state index contributed by atoms with van der Waals surface area (Å²) in [6.07, 6.45) is 0. The Morgan fingerprint density at radius 2 is 0.746 bits per heavy atom. The van der Waals surface area contributed by atoms with E-state index in [-0.39, 0.29) is 10.8 Å². The monoisotopic (exact) mass is 803 g/mol. The molecule has 0 saturated heterocycles. The molecule has 63 heavy (non-hydrogen) atoms. The lowest BCUT2D eigenvalue weighted by atomic mass is 9.74. The summed E-state index contributed by atoms with van der Waals surface area (Å²) >= 11 is 0. The smallest absolute Gasteiger partial charge is 0.0540 e. The second kappa shape index (κ2) is 14.4. The van der Waals surface area contributed by atoms with Crippen LogP contribution in [0.25, 0.3) is 55.3 Å². The van der Waals surface area contributed by atoms with Gasteiger partial charge in [0.05, 0.1) is 11.4 Å². The fourth-order valence-electron chi connectivity index (χ4n) is 11.0. The van der Waals surface area contributed by atoms with Gasteiger partial charge in [-0.2, -0.15) is 0 Å². The van der Waals surface area contributed by atoms with Crippen LogP contribution in [0.4, 0.5) is 17.1 Å². The molecule has 12 rings (SSSR count). The van der Waals surface area contributed by atoms with Crippen molar-refractivity contribution in [3.05, 3.63) is 270 Å². The Balaban J connectivity index is 0.997. The second-order valence-corrected chi connectivity index (χ2v) is 17.5. The number of rotatable bonds is 7. The van der Waals surface area contributed by atoms with Gasteiger partial charge in [0.2, 0.25) is 0 Å². The number of benzene rings is 10. The van der Waals surface area contributed by atoms with Gasteiger partial charge < -0.3 is 4.90 Å². The number of anilines is 3. The largest absolute Gasteiger partial charge is 0.309 e. The van der Waals surface area contributed by atoms with Crippen molar-refractivity contribution in [3.63, 3.8) is 0 Å². The van der Waals surface area contributed by atoms with Crippen LogP contribution in [-0.2, 0) is 10.8 Å². The standard InChI is InChI=1S/C62H45N/c1-61(46-20-5-3-6-21-46)55-28-14-11-26-51(55)53-38-34-44(40-57(53)61)42-32-36-48(37-33-42)63(60-31-17-19-43-18-9-10-24-49(43)60)59-30-16-13-25-50(59)45-35-39-54-52-27-12-15-29-56(52)62(2,58(54)41-45)47-22-7-4-8-23-47/h3-41H,1-2H3. The molecule has 0 saturated carbocycles. The number of hydrogen-bond acceptors (Lipinski definition) is 1. The van der Waals surface area contributed by atoms with Crippen molar-refractivity contribution in [1.82, 2.24) is 0 Å². The van der Waals surface area contributed by atoms with Crippen LogP contribution in [-0.4, -0.2) is 0 Å². The molecule has 2 unspecified atom stereocenters. The first-order valence-electron chi connectivity index (χ1n) is 22.1. The highest BCUT2D eigenvalue weighted by Crippen LogP contribution is 2.55. The number of nitrogens with zero attached hydrogens (tertiary/aromatic N) is 1. The van der Waals surface area contributed by atoms with Crippen LogP contribution in [0.5, 0.6) is 0 Å². The van der Waals surface area contributed by atoms with Crippen molar-refractivity contribution in [2.24, 2.45) is 0 Å². The third-order valence-corrected chi connectivity index (χ3v) is 14.3. The van der Waals surface area contributed by atoms with E-state index < -0.39 is 0 Å². The summed E-state index contributed by atoms with van der Waals surface area (Å²) in [6.45, 7) is 4.79. The maximum atomic E-state index is 2.46. The average Bonchev–Trinajstić information content (AvgIpc) is 3.77. The minimum Gasteiger partial charge on any atom is -0.309 e. The van der Waals surface area contributed by atoms with Crippen LogP contribution >= 0.6 is 0 Å². The average molecular weight is 804 g/mol. The summed E-state index contributed by atoms with van der Waals surface area (Å²) in [7, 11) is 0. The normalized spacial score (nSPS) is 16.9. The van der Waals surface area contributed by atoms with Crippen molar-refractivity contribution >= 4 is 27.8 Å². The van der Waals surface area contributed by atoms with E-state index in [1.54, 1.807) is 0 Å². The van der Waals surface area contributed by atoms with E-state index in [1.807, 2.05) is 0 Å². The molecule has 0 fully saturated rings. The lowest BCUT2D eigenvalue weighted by molar-refractivity contribution is 0.714. The van der Waals surface area contributed by atoms with Gasteiger partial charge in [-0.1, -0.05) is 200 Å². The molecule has 2 atom stereocenters. The zero-order valence-electron chi connectivity index (χ0n) is 35.5. The highest BCUT2D eigenvalue weighted by atomic mass is 15.1. The van der Waals surface area contributed by atoms with Crippen molar-refractivity contribution in [2.45, 2.75) is 24.7 Å². The van der Waals surface area contributed by atoms with Crippen LogP contribution in [0.3, 0.4) is 0 Å². The van der Waals surface area contributed by atoms with Crippen molar-refractivity contribution < 1.29 is 0 Å². The summed E-state index contributed by atoms with van der Waals surface area (Å²) < 4.78 is 0. The fourth-order valence-corrected chi connectivity index (χ4v) is 11.0. The summed E-state index contributed by atoms with van der Waals surface area (Å²) in [4.78, 5) is 2.46. The Morgan fingerprint density at radius 3 is 1.38 bits per heavy atom. The molecule has 0 bridgehead atoms. The van der Waals surface area contributed by atoms with E-state index in [0.717, 1.165) is 17.1 Å². The zero-order chi connectivity index (χ0) is 42.1. The maximum Gasteiger partial charge on any atom is 0.0540 e. The first-order valence-corrected chi connectivity index (χ1v) is 22.1. The van der Waals surface area contributed by atoms with E-state index in [2.05, 4.69) is 255 Å². The molecule has 1 heteroatoms. The molecular weight excluding hydrogens is 759 g/mol. The molecule has 0 aliphatic heterocycles. The van der Waals surface area contributed by atoms with Gasteiger partial charge in [-0.05, 0) is 128 Å². The van der Waals surface area contributed by atoms with Crippen molar-refractivity contribution in [1.29, 1.82) is 0 Å². The fraction of sp³-hybridized carbons (Fsp3) is 0.0645. The summed E-state index contributed by atoms with van der Waals surface area (Å²) in [6, 6.07) is 87.6. The van der Waals surface area contributed by atoms with Gasteiger partial charge in [-0.15, -0.1) is 0 Å². The van der Waals surface area contributed by atoms with Gasteiger partial charge >= 0.3 is 0 Å². The lowest BCUT2D eigenvalue weighted by Gasteiger charge is -2.30. The third kappa shape index (κ3) is 5.63.